The van der Waals surface area contributed by atoms with Crippen molar-refractivity contribution in [1.29, 1.82) is 0 Å². The molecule has 0 saturated heterocycles. The number of carbonyl (C=O) groups is 1. The molecule has 2 aromatic rings. The fourth-order valence-electron chi connectivity index (χ4n) is 1.22. The number of hydrogen-bond donors (Lipinski definition) is 0. The summed E-state index contributed by atoms with van der Waals surface area (Å²) in [5, 5.41) is 16.7. The van der Waals surface area contributed by atoms with Crippen molar-refractivity contribution in [2.24, 2.45) is 0 Å². The first-order chi connectivity index (χ1) is 8.50. The molecule has 20 heavy (non-hydrogen) atoms. The Bertz CT molecular complexity index is 539. The molecule has 1 aromatic heterocycles. The fraction of sp³-hybridized carbons (Fsp3) is 0. The van der Waals surface area contributed by atoms with E-state index in [1.54, 1.807) is 18.5 Å². The number of benzene rings is 1. The van der Waals surface area contributed by atoms with Crippen LogP contribution in [-0.2, 0) is 0 Å². The van der Waals surface area contributed by atoms with E-state index in [-0.39, 0.29) is 64.9 Å². The van der Waals surface area contributed by atoms with Gasteiger partial charge in [0.25, 0.3) is 0 Å². The summed E-state index contributed by atoms with van der Waals surface area (Å²) in [6.45, 7) is 0. The van der Waals surface area contributed by atoms with Crippen LogP contribution in [0.4, 0.5) is 9.18 Å². The third-order valence-electron chi connectivity index (χ3n) is 1.93. The Morgan fingerprint density at radius 2 is 1.55 bits per heavy atom. The third kappa shape index (κ3) is 8.36. The fourth-order valence-corrected chi connectivity index (χ4v) is 1.47. The summed E-state index contributed by atoms with van der Waals surface area (Å²) in [7, 11) is 0. The summed E-state index contributed by atoms with van der Waals surface area (Å²) in [5.74, 6) is -0.251. The molecule has 1 aromatic carbocycles. The van der Waals surface area contributed by atoms with Crippen LogP contribution in [0.5, 0.6) is 0 Å². The van der Waals surface area contributed by atoms with E-state index in [2.05, 4.69) is 20.9 Å². The van der Waals surface area contributed by atoms with Gasteiger partial charge in [-0.2, -0.15) is 0 Å². The maximum atomic E-state index is 13.2. The van der Waals surface area contributed by atoms with Crippen LogP contribution < -0.4 is 69.3 Å². The molecule has 0 aliphatic heterocycles. The van der Waals surface area contributed by atoms with E-state index in [0.717, 1.165) is 11.1 Å². The van der Waals surface area contributed by atoms with Gasteiger partial charge in [-0.15, -0.1) is 0 Å². The first-order valence-electron chi connectivity index (χ1n) is 4.74. The second-order valence-corrected chi connectivity index (χ2v) is 3.97. The van der Waals surface area contributed by atoms with Gasteiger partial charge < -0.3 is 15.0 Å². The second kappa shape index (κ2) is 11.7. The average Bonchev–Trinajstić information content (AvgIpc) is 2.33. The number of carbonyl (C=O) groups excluding carboxylic acids is 1. The number of rotatable bonds is 1. The minimum atomic E-state index is -2.33. The van der Waals surface area contributed by atoms with Crippen molar-refractivity contribution < 1.29 is 78.5 Å². The van der Waals surface area contributed by atoms with E-state index in [1.807, 2.05) is 18.2 Å². The Morgan fingerprint density at radius 3 is 2.00 bits per heavy atom. The van der Waals surface area contributed by atoms with Crippen LogP contribution in [0.2, 0.25) is 0 Å². The molecule has 0 atom stereocenters. The van der Waals surface area contributed by atoms with Gasteiger partial charge in [0, 0.05) is 12.4 Å². The molecule has 0 unspecified atom stereocenters. The molecule has 0 spiro atoms. The van der Waals surface area contributed by atoms with Crippen LogP contribution >= 0.6 is 15.9 Å². The third-order valence-corrected chi connectivity index (χ3v) is 2.58. The van der Waals surface area contributed by atoms with Gasteiger partial charge in [0.2, 0.25) is 0 Å². The van der Waals surface area contributed by atoms with Crippen molar-refractivity contribution in [2.75, 3.05) is 0 Å². The largest absolute Gasteiger partial charge is 1.00 e. The molecule has 0 saturated carbocycles. The number of pyridine rings is 1. The van der Waals surface area contributed by atoms with Crippen molar-refractivity contribution in [3.63, 3.8) is 0 Å². The molecule has 0 aliphatic carbocycles. The van der Waals surface area contributed by atoms with Gasteiger partial charge in [-0.05, 0) is 57.5 Å². The van der Waals surface area contributed by atoms with Crippen LogP contribution in [0, 0.1) is 5.82 Å². The van der Waals surface area contributed by atoms with Gasteiger partial charge in [0.15, 0.2) is 0 Å². The van der Waals surface area contributed by atoms with Crippen LogP contribution in [0.3, 0.4) is 0 Å². The molecule has 0 bridgehead atoms. The van der Waals surface area contributed by atoms with Crippen molar-refractivity contribution in [3.05, 3.63) is 53.0 Å². The van der Waals surface area contributed by atoms with Gasteiger partial charge in [-0.1, -0.05) is 6.07 Å². The summed E-state index contributed by atoms with van der Waals surface area (Å²) in [6.07, 6.45) is 1.05. The Kier molecular flexibility index (Phi) is 13.0. The van der Waals surface area contributed by atoms with Crippen molar-refractivity contribution in [2.45, 2.75) is 0 Å². The molecule has 0 N–H and O–H groups in total. The average molecular weight is 358 g/mol. The number of aromatic nitrogens is 1. The maximum absolute atomic E-state index is 13.2. The van der Waals surface area contributed by atoms with E-state index in [1.165, 1.54) is 6.07 Å². The van der Waals surface area contributed by atoms with Crippen molar-refractivity contribution in [1.82, 2.24) is 4.98 Å². The van der Waals surface area contributed by atoms with Gasteiger partial charge in [0.05, 0.1) is 4.47 Å². The summed E-state index contributed by atoms with van der Waals surface area (Å²) in [4.78, 5) is 12.2. The summed E-state index contributed by atoms with van der Waals surface area (Å²) >= 11 is 3.11. The molecular formula is C12H7BrFNNa2O3. The van der Waals surface area contributed by atoms with Gasteiger partial charge in [0.1, 0.15) is 5.82 Å². The zero-order chi connectivity index (χ0) is 13.5. The number of nitrogens with zero attached hydrogens (tertiary/aromatic N) is 1. The molecule has 4 nitrogen and oxygen atoms in total. The quantitative estimate of drug-likeness (QED) is 0.480. The summed E-state index contributed by atoms with van der Waals surface area (Å²) in [5.41, 5.74) is 1.82. The molecular weight excluding hydrogens is 351 g/mol. The molecule has 0 amide bonds. The van der Waals surface area contributed by atoms with Crippen molar-refractivity contribution in [3.8, 4) is 11.1 Å². The summed E-state index contributed by atoms with van der Waals surface area (Å²) in [6, 6.07) is 8.76. The van der Waals surface area contributed by atoms with Crippen LogP contribution in [0.25, 0.3) is 11.1 Å². The SMILES string of the molecule is Fc1cc(-c2ccncc2)ccc1Br.O=C([O-])[O-].[Na+].[Na+]. The molecule has 2 rings (SSSR count). The van der Waals surface area contributed by atoms with Crippen molar-refractivity contribution >= 4 is 22.1 Å². The molecule has 0 fully saturated rings. The first kappa shape index (κ1) is 22.3. The van der Waals surface area contributed by atoms with Gasteiger partial charge in [-0.25, -0.2) is 4.39 Å². The zero-order valence-electron chi connectivity index (χ0n) is 11.0. The predicted octanol–water partition coefficient (Wildman–Crippen LogP) is -4.79. The van der Waals surface area contributed by atoms with E-state index in [9.17, 15) is 4.39 Å². The predicted molar refractivity (Wildman–Crippen MR) is 62.7 cm³/mol. The number of carboxylic acid groups (broad SMARTS) is 2. The zero-order valence-corrected chi connectivity index (χ0v) is 16.6. The normalized spacial score (nSPS) is 8.30. The van der Waals surface area contributed by atoms with E-state index in [0.29, 0.717) is 4.47 Å². The molecule has 94 valence electrons. The Labute approximate surface area is 168 Å². The van der Waals surface area contributed by atoms with Gasteiger partial charge >= 0.3 is 59.1 Å². The molecule has 1 heterocycles. The Hall–Kier alpha value is 0.0500. The van der Waals surface area contributed by atoms with E-state index in [4.69, 9.17) is 15.0 Å². The molecule has 8 heteroatoms. The standard InChI is InChI=1S/C11H7BrFN.CH2O3.2Na/c12-10-2-1-9(7-11(10)13)8-3-5-14-6-4-8;2-1(3)4;;/h1-7H;(H2,2,3,4);;/q;;2*+1/p-2. The van der Waals surface area contributed by atoms with E-state index >= 15 is 0 Å². The minimum Gasteiger partial charge on any atom is -0.652 e. The van der Waals surface area contributed by atoms with Gasteiger partial charge in [-0.3, -0.25) is 4.98 Å². The monoisotopic (exact) mass is 357 g/mol. The molecule has 0 radical (unpaired) electrons. The Balaban J connectivity index is 0. The first-order valence-corrected chi connectivity index (χ1v) is 5.53. The van der Waals surface area contributed by atoms with Crippen LogP contribution in [0.1, 0.15) is 0 Å². The smallest absolute Gasteiger partial charge is 0.652 e. The topological polar surface area (TPSA) is 76.1 Å². The maximum Gasteiger partial charge on any atom is 1.00 e. The number of hydrogen-bond acceptors (Lipinski definition) is 4. The molecule has 0 aliphatic rings. The van der Waals surface area contributed by atoms with E-state index < -0.39 is 6.16 Å². The van der Waals surface area contributed by atoms with Crippen LogP contribution in [-0.4, -0.2) is 11.1 Å². The Morgan fingerprint density at radius 1 is 1.05 bits per heavy atom. The summed E-state index contributed by atoms with van der Waals surface area (Å²) < 4.78 is 13.7. The number of halogens is 2. The minimum absolute atomic E-state index is 0. The second-order valence-electron chi connectivity index (χ2n) is 3.11. The van der Waals surface area contributed by atoms with Crippen LogP contribution in [0.15, 0.2) is 47.2 Å².